The first-order chi connectivity index (χ1) is 8.90. The molecule has 3 aromatic rings. The van der Waals surface area contributed by atoms with Gasteiger partial charge < -0.3 is 5.73 Å². The molecule has 18 heavy (non-hydrogen) atoms. The molecular formula is C15H15N3. The molecule has 0 saturated carbocycles. The lowest BCUT2D eigenvalue weighted by Crippen LogP contribution is -2.03. The molecule has 0 fully saturated rings. The first-order valence-corrected chi connectivity index (χ1v) is 6.11. The van der Waals surface area contributed by atoms with Crippen LogP contribution in [0.25, 0.3) is 16.6 Å². The maximum atomic E-state index is 5.64. The molecule has 1 aromatic heterocycles. The Morgan fingerprint density at radius 3 is 2.61 bits per heavy atom. The zero-order valence-electron chi connectivity index (χ0n) is 10.1. The molecule has 0 saturated heterocycles. The highest BCUT2D eigenvalue weighted by atomic mass is 15.3. The highest BCUT2D eigenvalue weighted by molar-refractivity contribution is 5.83. The van der Waals surface area contributed by atoms with Crippen molar-refractivity contribution in [2.75, 3.05) is 6.54 Å². The lowest BCUT2D eigenvalue weighted by atomic mass is 10.1. The number of para-hydroxylation sites is 1. The third kappa shape index (κ3) is 1.79. The summed E-state index contributed by atoms with van der Waals surface area (Å²) in [4.78, 5) is 0. The van der Waals surface area contributed by atoms with E-state index >= 15 is 0 Å². The Kier molecular flexibility index (Phi) is 2.82. The number of hydrogen-bond donors (Lipinski definition) is 1. The predicted octanol–water partition coefficient (Wildman–Crippen LogP) is 2.53. The van der Waals surface area contributed by atoms with Crippen molar-refractivity contribution in [2.45, 2.75) is 6.42 Å². The highest BCUT2D eigenvalue weighted by Crippen LogP contribution is 2.21. The summed E-state index contributed by atoms with van der Waals surface area (Å²) in [6, 6.07) is 16.4. The summed E-state index contributed by atoms with van der Waals surface area (Å²) >= 11 is 0. The van der Waals surface area contributed by atoms with E-state index in [0.717, 1.165) is 17.6 Å². The van der Waals surface area contributed by atoms with Gasteiger partial charge in [0.25, 0.3) is 0 Å². The minimum Gasteiger partial charge on any atom is -0.330 e. The third-order valence-corrected chi connectivity index (χ3v) is 3.12. The number of fused-ring (bicyclic) bond motifs is 1. The highest BCUT2D eigenvalue weighted by Gasteiger charge is 2.07. The Bertz CT molecular complexity index is 656. The monoisotopic (exact) mass is 237 g/mol. The van der Waals surface area contributed by atoms with E-state index in [1.54, 1.807) is 0 Å². The summed E-state index contributed by atoms with van der Waals surface area (Å²) < 4.78 is 1.97. The summed E-state index contributed by atoms with van der Waals surface area (Å²) in [6.45, 7) is 0.662. The average Bonchev–Trinajstić information content (AvgIpc) is 2.85. The van der Waals surface area contributed by atoms with Gasteiger partial charge in [0.2, 0.25) is 0 Å². The van der Waals surface area contributed by atoms with Gasteiger partial charge in [0, 0.05) is 5.39 Å². The second-order valence-electron chi connectivity index (χ2n) is 4.28. The molecule has 2 aromatic carbocycles. The van der Waals surface area contributed by atoms with E-state index in [-0.39, 0.29) is 0 Å². The molecule has 0 unspecified atom stereocenters. The number of aromatic nitrogens is 2. The zero-order chi connectivity index (χ0) is 12.4. The van der Waals surface area contributed by atoms with E-state index in [0.29, 0.717) is 6.54 Å². The molecule has 0 aliphatic rings. The van der Waals surface area contributed by atoms with Crippen molar-refractivity contribution in [3.63, 3.8) is 0 Å². The van der Waals surface area contributed by atoms with Crippen molar-refractivity contribution in [3.05, 3.63) is 60.3 Å². The van der Waals surface area contributed by atoms with E-state index in [9.17, 15) is 0 Å². The van der Waals surface area contributed by atoms with Crippen LogP contribution >= 0.6 is 0 Å². The van der Waals surface area contributed by atoms with Crippen LogP contribution in [0, 0.1) is 0 Å². The van der Waals surface area contributed by atoms with Gasteiger partial charge in [-0.3, -0.25) is 0 Å². The van der Waals surface area contributed by atoms with Crippen molar-refractivity contribution in [1.29, 1.82) is 0 Å². The van der Waals surface area contributed by atoms with Gasteiger partial charge in [0.15, 0.2) is 0 Å². The molecule has 2 N–H and O–H groups in total. The van der Waals surface area contributed by atoms with E-state index in [1.807, 2.05) is 29.1 Å². The predicted molar refractivity (Wildman–Crippen MR) is 73.8 cm³/mol. The first kappa shape index (κ1) is 11.0. The van der Waals surface area contributed by atoms with Crippen molar-refractivity contribution in [3.8, 4) is 5.69 Å². The smallest absolute Gasteiger partial charge is 0.0743 e. The van der Waals surface area contributed by atoms with Gasteiger partial charge in [-0.25, -0.2) is 4.68 Å². The molecule has 0 radical (unpaired) electrons. The minimum atomic E-state index is 0.662. The van der Waals surface area contributed by atoms with Crippen LogP contribution in [0.4, 0.5) is 0 Å². The quantitative estimate of drug-likeness (QED) is 0.760. The van der Waals surface area contributed by atoms with Gasteiger partial charge in [-0.1, -0.05) is 30.3 Å². The molecule has 3 nitrogen and oxygen atoms in total. The zero-order valence-corrected chi connectivity index (χ0v) is 10.1. The number of rotatable bonds is 3. The molecular weight excluding hydrogens is 222 g/mol. The molecule has 1 heterocycles. The molecule has 90 valence electrons. The van der Waals surface area contributed by atoms with Crippen LogP contribution in [0.1, 0.15) is 5.56 Å². The number of hydrogen-bond acceptors (Lipinski definition) is 2. The summed E-state index contributed by atoms with van der Waals surface area (Å²) in [5.74, 6) is 0. The standard InChI is InChI=1S/C15H15N3/c16-10-9-12-5-4-8-15-14(12)11-17-18(15)13-6-2-1-3-7-13/h1-8,11H,9-10,16H2. The van der Waals surface area contributed by atoms with Gasteiger partial charge in [0.1, 0.15) is 0 Å². The van der Waals surface area contributed by atoms with E-state index in [2.05, 4.69) is 35.4 Å². The number of nitrogens with zero attached hydrogens (tertiary/aromatic N) is 2. The molecule has 0 bridgehead atoms. The Hall–Kier alpha value is -2.13. The van der Waals surface area contributed by atoms with Gasteiger partial charge in [-0.15, -0.1) is 0 Å². The second kappa shape index (κ2) is 4.63. The lowest BCUT2D eigenvalue weighted by Gasteiger charge is -2.04. The van der Waals surface area contributed by atoms with Gasteiger partial charge in [-0.2, -0.15) is 5.10 Å². The van der Waals surface area contributed by atoms with Crippen molar-refractivity contribution in [1.82, 2.24) is 9.78 Å². The minimum absolute atomic E-state index is 0.662. The fourth-order valence-corrected chi connectivity index (χ4v) is 2.26. The summed E-state index contributed by atoms with van der Waals surface area (Å²) in [5.41, 5.74) is 9.12. The maximum absolute atomic E-state index is 5.64. The Morgan fingerprint density at radius 2 is 1.83 bits per heavy atom. The molecule has 0 spiro atoms. The number of benzene rings is 2. The van der Waals surface area contributed by atoms with Crippen molar-refractivity contribution < 1.29 is 0 Å². The second-order valence-corrected chi connectivity index (χ2v) is 4.28. The normalized spacial score (nSPS) is 10.9. The van der Waals surface area contributed by atoms with Crippen LogP contribution in [0.2, 0.25) is 0 Å². The topological polar surface area (TPSA) is 43.8 Å². The van der Waals surface area contributed by atoms with Crippen molar-refractivity contribution in [2.24, 2.45) is 5.73 Å². The van der Waals surface area contributed by atoms with Gasteiger partial charge in [0.05, 0.1) is 17.4 Å². The Morgan fingerprint density at radius 1 is 1.00 bits per heavy atom. The molecule has 0 atom stereocenters. The van der Waals surface area contributed by atoms with Crippen LogP contribution in [0.3, 0.4) is 0 Å². The first-order valence-electron chi connectivity index (χ1n) is 6.11. The summed E-state index contributed by atoms with van der Waals surface area (Å²) in [6.07, 6.45) is 2.81. The van der Waals surface area contributed by atoms with Crippen molar-refractivity contribution >= 4 is 10.9 Å². The van der Waals surface area contributed by atoms with E-state index in [1.165, 1.54) is 10.9 Å². The SMILES string of the molecule is NCCc1cccc2c1cnn2-c1ccccc1. The fraction of sp³-hybridized carbons (Fsp3) is 0.133. The number of nitrogens with two attached hydrogens (primary N) is 1. The third-order valence-electron chi connectivity index (χ3n) is 3.12. The van der Waals surface area contributed by atoms with Gasteiger partial charge >= 0.3 is 0 Å². The van der Waals surface area contributed by atoms with Crippen LogP contribution in [0.15, 0.2) is 54.7 Å². The van der Waals surface area contributed by atoms with E-state index < -0.39 is 0 Å². The average molecular weight is 237 g/mol. The Labute approximate surface area is 106 Å². The van der Waals surface area contributed by atoms with Crippen LogP contribution in [0.5, 0.6) is 0 Å². The molecule has 0 aliphatic heterocycles. The summed E-state index contributed by atoms with van der Waals surface area (Å²) in [7, 11) is 0. The lowest BCUT2D eigenvalue weighted by molar-refractivity contribution is 0.911. The fourth-order valence-electron chi connectivity index (χ4n) is 2.26. The molecule has 3 rings (SSSR count). The molecule has 0 amide bonds. The maximum Gasteiger partial charge on any atom is 0.0743 e. The largest absolute Gasteiger partial charge is 0.330 e. The van der Waals surface area contributed by atoms with Crippen LogP contribution in [-0.4, -0.2) is 16.3 Å². The molecule has 0 aliphatic carbocycles. The van der Waals surface area contributed by atoms with Crippen LogP contribution in [-0.2, 0) is 6.42 Å². The van der Waals surface area contributed by atoms with E-state index in [4.69, 9.17) is 5.73 Å². The Balaban J connectivity index is 2.18. The molecule has 3 heteroatoms. The summed E-state index contributed by atoms with van der Waals surface area (Å²) in [5, 5.41) is 5.67. The van der Waals surface area contributed by atoms with Crippen LogP contribution < -0.4 is 5.73 Å². The van der Waals surface area contributed by atoms with Gasteiger partial charge in [-0.05, 0) is 36.7 Å².